The summed E-state index contributed by atoms with van der Waals surface area (Å²) < 4.78 is 11.2. The number of aryl methyl sites for hydroxylation is 1. The van der Waals surface area contributed by atoms with E-state index in [0.717, 1.165) is 5.56 Å². The summed E-state index contributed by atoms with van der Waals surface area (Å²) >= 11 is 0. The fraction of sp³-hybridized carbons (Fsp3) is 0.240. The molecule has 5 nitrogen and oxygen atoms in total. The molecular formula is C25H23NO4. The SMILES string of the molecule is CCOC(=O)c1c(C)oc2c1[C@@H](C=N[C@H](C)c1ccccc1)C(=O)c1ccccc1-2. The van der Waals surface area contributed by atoms with Crippen molar-refractivity contribution >= 4 is 18.0 Å². The van der Waals surface area contributed by atoms with Gasteiger partial charge in [0.2, 0.25) is 0 Å². The lowest BCUT2D eigenvalue weighted by Gasteiger charge is -2.21. The van der Waals surface area contributed by atoms with Gasteiger partial charge < -0.3 is 9.15 Å². The maximum Gasteiger partial charge on any atom is 0.342 e. The van der Waals surface area contributed by atoms with E-state index in [1.807, 2.05) is 55.5 Å². The van der Waals surface area contributed by atoms with Crippen LogP contribution in [0.2, 0.25) is 0 Å². The molecule has 152 valence electrons. The van der Waals surface area contributed by atoms with Gasteiger partial charge in [0.25, 0.3) is 0 Å². The molecule has 0 bridgehead atoms. The van der Waals surface area contributed by atoms with E-state index in [4.69, 9.17) is 9.15 Å². The third kappa shape index (κ3) is 3.36. The summed E-state index contributed by atoms with van der Waals surface area (Å²) in [5.74, 6) is -0.319. The number of ether oxygens (including phenoxy) is 1. The molecule has 0 amide bonds. The van der Waals surface area contributed by atoms with Crippen LogP contribution in [0.15, 0.2) is 64.0 Å². The third-order valence-corrected chi connectivity index (χ3v) is 5.37. The zero-order valence-corrected chi connectivity index (χ0v) is 17.2. The van der Waals surface area contributed by atoms with Crippen molar-refractivity contribution in [1.29, 1.82) is 0 Å². The molecule has 0 saturated carbocycles. The Morgan fingerprint density at radius 3 is 2.50 bits per heavy atom. The Kier molecular flexibility index (Phi) is 5.36. The molecule has 0 unspecified atom stereocenters. The van der Waals surface area contributed by atoms with Crippen LogP contribution in [0, 0.1) is 6.92 Å². The number of Topliss-reactive ketones (excluding diaryl/α,β-unsaturated/α-hetero) is 1. The van der Waals surface area contributed by atoms with Gasteiger partial charge in [-0.15, -0.1) is 0 Å². The number of hydrogen-bond donors (Lipinski definition) is 0. The maximum atomic E-state index is 13.4. The monoisotopic (exact) mass is 401 g/mol. The summed E-state index contributed by atoms with van der Waals surface area (Å²) in [7, 11) is 0. The van der Waals surface area contributed by atoms with Crippen LogP contribution >= 0.6 is 0 Å². The predicted octanol–water partition coefficient (Wildman–Crippen LogP) is 5.54. The van der Waals surface area contributed by atoms with E-state index in [9.17, 15) is 9.59 Å². The quantitative estimate of drug-likeness (QED) is 0.416. The van der Waals surface area contributed by atoms with Crippen LogP contribution in [0.25, 0.3) is 11.3 Å². The van der Waals surface area contributed by atoms with Crippen molar-refractivity contribution in [3.05, 3.63) is 82.6 Å². The minimum Gasteiger partial charge on any atom is -0.462 e. The number of rotatable bonds is 5. The Labute approximate surface area is 175 Å². The number of fused-ring (bicyclic) bond motifs is 3. The number of carbonyl (C=O) groups excluding carboxylic acids is 2. The standard InChI is InChI=1S/C25H23NO4/c1-4-29-25(28)21-16(3)30-24-19-13-9-8-12-18(19)23(27)20(22(21)24)14-26-15(2)17-10-6-5-7-11-17/h5-15,20H,4H2,1-3H3/t15-,20-/m1/s1. The van der Waals surface area contributed by atoms with Crippen LogP contribution < -0.4 is 0 Å². The lowest BCUT2D eigenvalue weighted by molar-refractivity contribution is 0.0523. The minimum atomic E-state index is -0.710. The lowest BCUT2D eigenvalue weighted by Crippen LogP contribution is -2.22. The van der Waals surface area contributed by atoms with Gasteiger partial charge in [-0.2, -0.15) is 0 Å². The van der Waals surface area contributed by atoms with Crippen molar-refractivity contribution in [2.45, 2.75) is 32.7 Å². The molecule has 0 aliphatic heterocycles. The third-order valence-electron chi connectivity index (χ3n) is 5.37. The molecule has 0 radical (unpaired) electrons. The number of furan rings is 1. The summed E-state index contributed by atoms with van der Waals surface area (Å²) in [6.45, 7) is 5.69. The fourth-order valence-corrected chi connectivity index (χ4v) is 3.89. The Morgan fingerprint density at radius 2 is 1.80 bits per heavy atom. The number of nitrogens with zero attached hydrogens (tertiary/aromatic N) is 1. The minimum absolute atomic E-state index is 0.103. The van der Waals surface area contributed by atoms with Crippen molar-refractivity contribution in [2.24, 2.45) is 4.99 Å². The first-order valence-corrected chi connectivity index (χ1v) is 10.0. The maximum absolute atomic E-state index is 13.4. The number of ketones is 1. The smallest absolute Gasteiger partial charge is 0.342 e. The first-order valence-electron chi connectivity index (χ1n) is 10.0. The van der Waals surface area contributed by atoms with E-state index in [2.05, 4.69) is 4.99 Å². The van der Waals surface area contributed by atoms with Crippen molar-refractivity contribution in [2.75, 3.05) is 6.61 Å². The zero-order valence-electron chi connectivity index (χ0n) is 17.2. The molecular weight excluding hydrogens is 378 g/mol. The van der Waals surface area contributed by atoms with Gasteiger partial charge in [-0.25, -0.2) is 4.79 Å². The molecule has 0 saturated heterocycles. The van der Waals surface area contributed by atoms with Gasteiger partial charge in [0, 0.05) is 22.9 Å². The van der Waals surface area contributed by atoms with Crippen LogP contribution in [0.1, 0.15) is 63.4 Å². The molecule has 0 spiro atoms. The fourth-order valence-electron chi connectivity index (χ4n) is 3.89. The van der Waals surface area contributed by atoms with Crippen LogP contribution in [0.4, 0.5) is 0 Å². The second-order valence-corrected chi connectivity index (χ2v) is 7.27. The Hall–Kier alpha value is -3.47. The molecule has 1 heterocycles. The number of benzene rings is 2. The largest absolute Gasteiger partial charge is 0.462 e. The van der Waals surface area contributed by atoms with Gasteiger partial charge >= 0.3 is 5.97 Å². The van der Waals surface area contributed by atoms with Crippen LogP contribution in [0.3, 0.4) is 0 Å². The summed E-state index contributed by atoms with van der Waals surface area (Å²) in [6, 6.07) is 17.0. The number of carbonyl (C=O) groups is 2. The van der Waals surface area contributed by atoms with Crippen molar-refractivity contribution in [1.82, 2.24) is 0 Å². The highest BCUT2D eigenvalue weighted by atomic mass is 16.5. The molecule has 5 heteroatoms. The average molecular weight is 401 g/mol. The Morgan fingerprint density at radius 1 is 1.13 bits per heavy atom. The van der Waals surface area contributed by atoms with Crippen molar-refractivity contribution < 1.29 is 18.7 Å². The van der Waals surface area contributed by atoms with E-state index >= 15 is 0 Å². The molecule has 3 aromatic rings. The molecule has 0 fully saturated rings. The second-order valence-electron chi connectivity index (χ2n) is 7.27. The molecule has 2 atom stereocenters. The highest BCUT2D eigenvalue weighted by molar-refractivity contribution is 6.18. The normalized spacial score (nSPS) is 16.2. The number of hydrogen-bond acceptors (Lipinski definition) is 5. The zero-order chi connectivity index (χ0) is 21.3. The predicted molar refractivity (Wildman–Crippen MR) is 115 cm³/mol. The summed E-state index contributed by atoms with van der Waals surface area (Å²) in [5.41, 5.74) is 3.17. The van der Waals surface area contributed by atoms with Gasteiger partial charge in [0.05, 0.1) is 18.6 Å². The van der Waals surface area contributed by atoms with Gasteiger partial charge in [-0.3, -0.25) is 9.79 Å². The lowest BCUT2D eigenvalue weighted by atomic mass is 9.80. The first kappa shape index (κ1) is 19.8. The van der Waals surface area contributed by atoms with Gasteiger partial charge in [0.15, 0.2) is 5.78 Å². The van der Waals surface area contributed by atoms with Crippen LogP contribution in [-0.4, -0.2) is 24.6 Å². The van der Waals surface area contributed by atoms with Crippen molar-refractivity contribution in [3.63, 3.8) is 0 Å². The van der Waals surface area contributed by atoms with Gasteiger partial charge in [-0.1, -0.05) is 54.6 Å². The molecule has 1 aromatic heterocycles. The van der Waals surface area contributed by atoms with E-state index in [1.165, 1.54) is 0 Å². The summed E-state index contributed by atoms with van der Waals surface area (Å²) in [6.07, 6.45) is 1.65. The topological polar surface area (TPSA) is 68.9 Å². The number of esters is 1. The molecule has 30 heavy (non-hydrogen) atoms. The molecule has 1 aliphatic carbocycles. The first-order chi connectivity index (χ1) is 14.5. The molecule has 2 aromatic carbocycles. The van der Waals surface area contributed by atoms with Gasteiger partial charge in [0.1, 0.15) is 17.1 Å². The van der Waals surface area contributed by atoms with E-state index in [-0.39, 0.29) is 18.4 Å². The van der Waals surface area contributed by atoms with Gasteiger partial charge in [-0.05, 0) is 26.3 Å². The van der Waals surface area contributed by atoms with Crippen LogP contribution in [0.5, 0.6) is 0 Å². The Bertz CT molecular complexity index is 1130. The van der Waals surface area contributed by atoms with Crippen molar-refractivity contribution in [3.8, 4) is 11.3 Å². The summed E-state index contributed by atoms with van der Waals surface area (Å²) in [5, 5.41) is 0. The Balaban J connectivity index is 1.83. The molecule has 4 rings (SSSR count). The molecule has 0 N–H and O–H groups in total. The average Bonchev–Trinajstić information content (AvgIpc) is 3.11. The molecule has 1 aliphatic rings. The van der Waals surface area contributed by atoms with E-state index < -0.39 is 11.9 Å². The van der Waals surface area contributed by atoms with Crippen LogP contribution in [-0.2, 0) is 4.74 Å². The second kappa shape index (κ2) is 8.11. The van der Waals surface area contributed by atoms with E-state index in [0.29, 0.717) is 33.8 Å². The summed E-state index contributed by atoms with van der Waals surface area (Å²) in [4.78, 5) is 30.7. The van der Waals surface area contributed by atoms with E-state index in [1.54, 1.807) is 26.1 Å². The highest BCUT2D eigenvalue weighted by Gasteiger charge is 2.39. The number of aliphatic imine (C=N–C) groups is 1. The highest BCUT2D eigenvalue weighted by Crippen LogP contribution is 2.43.